The third-order valence-corrected chi connectivity index (χ3v) is 2.89. The molecule has 0 bridgehead atoms. The fraction of sp³-hybridized carbons (Fsp3) is 0.200. The molecule has 0 saturated heterocycles. The van der Waals surface area contributed by atoms with E-state index in [0.29, 0.717) is 5.75 Å². The molecule has 0 heterocycles. The number of rotatable bonds is 2. The SMILES string of the molecule is Cc1ccc(Oc2ccc(C)c(O)c2)cc1C. The zero-order valence-electron chi connectivity index (χ0n) is 10.3. The molecule has 2 heteroatoms. The smallest absolute Gasteiger partial charge is 0.131 e. The van der Waals surface area contributed by atoms with Crippen LogP contribution in [0.2, 0.25) is 0 Å². The van der Waals surface area contributed by atoms with Crippen LogP contribution in [0, 0.1) is 20.8 Å². The summed E-state index contributed by atoms with van der Waals surface area (Å²) in [5.74, 6) is 1.69. The fourth-order valence-electron chi connectivity index (χ4n) is 1.57. The molecular formula is C15H16O2. The Morgan fingerprint density at radius 2 is 1.35 bits per heavy atom. The molecule has 88 valence electrons. The van der Waals surface area contributed by atoms with Gasteiger partial charge in [0.15, 0.2) is 0 Å². The van der Waals surface area contributed by atoms with E-state index in [-0.39, 0.29) is 5.75 Å². The monoisotopic (exact) mass is 228 g/mol. The minimum absolute atomic E-state index is 0.256. The lowest BCUT2D eigenvalue weighted by Gasteiger charge is -2.09. The minimum Gasteiger partial charge on any atom is -0.508 e. The number of hydrogen-bond acceptors (Lipinski definition) is 2. The lowest BCUT2D eigenvalue weighted by atomic mass is 10.1. The van der Waals surface area contributed by atoms with Crippen molar-refractivity contribution in [3.05, 3.63) is 53.1 Å². The summed E-state index contributed by atoms with van der Waals surface area (Å²) >= 11 is 0. The molecule has 17 heavy (non-hydrogen) atoms. The van der Waals surface area contributed by atoms with Crippen molar-refractivity contribution in [2.24, 2.45) is 0 Å². The number of aryl methyl sites for hydroxylation is 3. The van der Waals surface area contributed by atoms with Gasteiger partial charge in [-0.1, -0.05) is 12.1 Å². The molecular weight excluding hydrogens is 212 g/mol. The van der Waals surface area contributed by atoms with Crippen molar-refractivity contribution in [2.75, 3.05) is 0 Å². The van der Waals surface area contributed by atoms with Crippen LogP contribution in [0.1, 0.15) is 16.7 Å². The minimum atomic E-state index is 0.256. The van der Waals surface area contributed by atoms with E-state index in [2.05, 4.69) is 13.8 Å². The van der Waals surface area contributed by atoms with E-state index in [0.717, 1.165) is 11.3 Å². The number of hydrogen-bond donors (Lipinski definition) is 1. The summed E-state index contributed by atoms with van der Waals surface area (Å²) in [6.45, 7) is 5.97. The van der Waals surface area contributed by atoms with Crippen molar-refractivity contribution in [2.45, 2.75) is 20.8 Å². The molecule has 2 aromatic rings. The van der Waals surface area contributed by atoms with Gasteiger partial charge in [-0.2, -0.15) is 0 Å². The van der Waals surface area contributed by atoms with Crippen LogP contribution in [-0.2, 0) is 0 Å². The summed E-state index contributed by atoms with van der Waals surface area (Å²) in [5, 5.41) is 9.60. The molecule has 1 N–H and O–H groups in total. The molecule has 2 aromatic carbocycles. The van der Waals surface area contributed by atoms with E-state index in [9.17, 15) is 5.11 Å². The van der Waals surface area contributed by atoms with Crippen molar-refractivity contribution in [1.29, 1.82) is 0 Å². The molecule has 0 unspecified atom stereocenters. The maximum absolute atomic E-state index is 9.60. The Morgan fingerprint density at radius 1 is 0.765 bits per heavy atom. The van der Waals surface area contributed by atoms with Crippen molar-refractivity contribution in [1.82, 2.24) is 0 Å². The zero-order chi connectivity index (χ0) is 12.4. The predicted octanol–water partition coefficient (Wildman–Crippen LogP) is 4.11. The third-order valence-electron chi connectivity index (χ3n) is 2.89. The highest BCUT2D eigenvalue weighted by molar-refractivity contribution is 5.42. The maximum atomic E-state index is 9.60. The van der Waals surface area contributed by atoms with Crippen LogP contribution in [0.3, 0.4) is 0 Å². The van der Waals surface area contributed by atoms with Crippen molar-refractivity contribution < 1.29 is 9.84 Å². The lowest BCUT2D eigenvalue weighted by molar-refractivity contribution is 0.452. The highest BCUT2D eigenvalue weighted by Crippen LogP contribution is 2.28. The molecule has 0 aromatic heterocycles. The molecule has 0 aliphatic heterocycles. The summed E-state index contributed by atoms with van der Waals surface area (Å²) in [4.78, 5) is 0. The Hall–Kier alpha value is -1.96. The summed E-state index contributed by atoms with van der Waals surface area (Å²) in [5.41, 5.74) is 3.28. The van der Waals surface area contributed by atoms with Crippen LogP contribution in [0.25, 0.3) is 0 Å². The van der Waals surface area contributed by atoms with Crippen molar-refractivity contribution in [3.63, 3.8) is 0 Å². The van der Waals surface area contributed by atoms with Gasteiger partial charge in [0.25, 0.3) is 0 Å². The maximum Gasteiger partial charge on any atom is 0.131 e. The fourth-order valence-corrected chi connectivity index (χ4v) is 1.57. The van der Waals surface area contributed by atoms with E-state index in [4.69, 9.17) is 4.74 Å². The standard InChI is InChI=1S/C15H16O2/c1-10-4-6-13(8-12(10)3)17-14-7-5-11(2)15(16)9-14/h4-9,16H,1-3H3. The average Bonchev–Trinajstić information content (AvgIpc) is 2.29. The van der Waals surface area contributed by atoms with Gasteiger partial charge in [0.05, 0.1) is 0 Å². The van der Waals surface area contributed by atoms with E-state index >= 15 is 0 Å². The van der Waals surface area contributed by atoms with Gasteiger partial charge in [0.2, 0.25) is 0 Å². The summed E-state index contributed by atoms with van der Waals surface area (Å²) < 4.78 is 5.69. The quantitative estimate of drug-likeness (QED) is 0.838. The number of phenolic OH excluding ortho intramolecular Hbond substituents is 1. The van der Waals surface area contributed by atoms with Crippen LogP contribution in [0.5, 0.6) is 17.2 Å². The van der Waals surface area contributed by atoms with Crippen LogP contribution in [0.15, 0.2) is 36.4 Å². The van der Waals surface area contributed by atoms with Crippen LogP contribution >= 0.6 is 0 Å². The van der Waals surface area contributed by atoms with Gasteiger partial charge < -0.3 is 9.84 Å². The van der Waals surface area contributed by atoms with Gasteiger partial charge >= 0.3 is 0 Å². The first-order valence-electron chi connectivity index (χ1n) is 5.61. The first-order chi connectivity index (χ1) is 8.06. The lowest BCUT2D eigenvalue weighted by Crippen LogP contribution is -1.87. The Bertz CT molecular complexity index is 495. The Balaban J connectivity index is 2.25. The van der Waals surface area contributed by atoms with Gasteiger partial charge in [-0.3, -0.25) is 0 Å². The van der Waals surface area contributed by atoms with E-state index in [1.807, 2.05) is 37.3 Å². The molecule has 2 rings (SSSR count). The van der Waals surface area contributed by atoms with E-state index in [1.165, 1.54) is 11.1 Å². The molecule has 0 spiro atoms. The molecule has 0 saturated carbocycles. The molecule has 0 aliphatic carbocycles. The normalized spacial score (nSPS) is 10.3. The van der Waals surface area contributed by atoms with Gasteiger partial charge in [-0.25, -0.2) is 0 Å². The van der Waals surface area contributed by atoms with Gasteiger partial charge in [0.1, 0.15) is 17.2 Å². The number of aromatic hydroxyl groups is 1. The second-order valence-corrected chi connectivity index (χ2v) is 4.30. The first-order valence-corrected chi connectivity index (χ1v) is 5.61. The van der Waals surface area contributed by atoms with Crippen molar-refractivity contribution in [3.8, 4) is 17.2 Å². The summed E-state index contributed by atoms with van der Waals surface area (Å²) in [7, 11) is 0. The number of phenols is 1. The average molecular weight is 228 g/mol. The first kappa shape index (κ1) is 11.5. The molecule has 0 aliphatic rings. The predicted molar refractivity (Wildman–Crippen MR) is 68.8 cm³/mol. The molecule has 0 atom stereocenters. The summed E-state index contributed by atoms with van der Waals surface area (Å²) in [6, 6.07) is 11.3. The molecule has 2 nitrogen and oxygen atoms in total. The Kier molecular flexibility index (Phi) is 3.05. The largest absolute Gasteiger partial charge is 0.508 e. The molecule has 0 amide bonds. The molecule has 0 fully saturated rings. The second-order valence-electron chi connectivity index (χ2n) is 4.30. The van der Waals surface area contributed by atoms with E-state index < -0.39 is 0 Å². The van der Waals surface area contributed by atoms with Gasteiger partial charge in [-0.05, 0) is 55.7 Å². The second kappa shape index (κ2) is 4.50. The summed E-state index contributed by atoms with van der Waals surface area (Å²) in [6.07, 6.45) is 0. The topological polar surface area (TPSA) is 29.5 Å². The highest BCUT2D eigenvalue weighted by atomic mass is 16.5. The number of ether oxygens (including phenoxy) is 1. The third kappa shape index (κ3) is 2.59. The zero-order valence-corrected chi connectivity index (χ0v) is 10.3. The van der Waals surface area contributed by atoms with E-state index in [1.54, 1.807) is 6.07 Å². The highest BCUT2D eigenvalue weighted by Gasteiger charge is 2.02. The van der Waals surface area contributed by atoms with Crippen LogP contribution < -0.4 is 4.74 Å². The number of benzene rings is 2. The molecule has 0 radical (unpaired) electrons. The van der Waals surface area contributed by atoms with Gasteiger partial charge in [0, 0.05) is 6.07 Å². The Morgan fingerprint density at radius 3 is 1.94 bits per heavy atom. The van der Waals surface area contributed by atoms with Crippen LogP contribution in [-0.4, -0.2) is 5.11 Å². The van der Waals surface area contributed by atoms with Gasteiger partial charge in [-0.15, -0.1) is 0 Å². The van der Waals surface area contributed by atoms with Crippen LogP contribution in [0.4, 0.5) is 0 Å². The van der Waals surface area contributed by atoms with Crippen molar-refractivity contribution >= 4 is 0 Å². The Labute approximate surface area is 101 Å².